The molecule has 7 heteroatoms. The maximum atomic E-state index is 10.8. The van der Waals surface area contributed by atoms with E-state index < -0.39 is 6.09 Å². The van der Waals surface area contributed by atoms with Gasteiger partial charge in [-0.1, -0.05) is 0 Å². The summed E-state index contributed by atoms with van der Waals surface area (Å²) in [6, 6.07) is 1.81. The quantitative estimate of drug-likeness (QED) is 0.661. The van der Waals surface area contributed by atoms with E-state index in [2.05, 4.69) is 37.6 Å². The van der Waals surface area contributed by atoms with Gasteiger partial charge in [0.15, 0.2) is 0 Å². The predicted molar refractivity (Wildman–Crippen MR) is 79.9 cm³/mol. The van der Waals surface area contributed by atoms with Gasteiger partial charge in [-0.3, -0.25) is 4.98 Å². The Morgan fingerprint density at radius 3 is 3.20 bits per heavy atom. The van der Waals surface area contributed by atoms with Crippen LogP contribution in [0, 0.1) is 0 Å². The van der Waals surface area contributed by atoms with Crippen molar-refractivity contribution in [3.05, 3.63) is 18.5 Å². The molecule has 1 aromatic rings. The van der Waals surface area contributed by atoms with Crippen molar-refractivity contribution in [2.45, 2.75) is 31.8 Å². The molecule has 20 heavy (non-hydrogen) atoms. The van der Waals surface area contributed by atoms with Crippen LogP contribution in [-0.2, 0) is 0 Å². The fraction of sp³-hybridized carbons (Fsp3) is 0.462. The van der Waals surface area contributed by atoms with Gasteiger partial charge in [0.2, 0.25) is 0 Å². The number of pyridine rings is 1. The largest absolute Gasteiger partial charge is 0.465 e. The SMILES string of the molecule is CC1[C@@H](NC(=O)O)CCCN1c1ccncc1N=C=S. The van der Waals surface area contributed by atoms with Crippen molar-refractivity contribution in [3.8, 4) is 0 Å². The third kappa shape index (κ3) is 3.12. The summed E-state index contributed by atoms with van der Waals surface area (Å²) in [5.41, 5.74) is 1.56. The first-order valence-electron chi connectivity index (χ1n) is 6.41. The summed E-state index contributed by atoms with van der Waals surface area (Å²) in [5.74, 6) is 0. The standard InChI is InChI=1S/C13H16N4O2S/c1-9-10(16-13(18)19)3-2-6-17(9)12-4-5-14-7-11(12)15-8-20/h4-5,7,9-10,16H,2-3,6H2,1H3,(H,18,19)/t9?,10-/m0/s1. The lowest BCUT2D eigenvalue weighted by Crippen LogP contribution is -2.54. The highest BCUT2D eigenvalue weighted by atomic mass is 32.1. The van der Waals surface area contributed by atoms with Gasteiger partial charge in [0.05, 0.1) is 23.1 Å². The molecule has 1 aliphatic rings. The molecule has 2 N–H and O–H groups in total. The van der Waals surface area contributed by atoms with Crippen LogP contribution < -0.4 is 10.2 Å². The summed E-state index contributed by atoms with van der Waals surface area (Å²) < 4.78 is 0. The molecule has 0 aliphatic carbocycles. The Hall–Kier alpha value is -1.98. The van der Waals surface area contributed by atoms with Gasteiger partial charge in [-0.15, -0.1) is 0 Å². The molecule has 6 nitrogen and oxygen atoms in total. The highest BCUT2D eigenvalue weighted by molar-refractivity contribution is 7.78. The molecule has 0 spiro atoms. The van der Waals surface area contributed by atoms with E-state index in [0.717, 1.165) is 25.1 Å². The molecule has 1 saturated heterocycles. The van der Waals surface area contributed by atoms with E-state index in [1.807, 2.05) is 13.0 Å². The number of amides is 1. The number of thiocarbonyl (C=S) groups is 1. The number of carboxylic acid groups (broad SMARTS) is 1. The third-order valence-electron chi connectivity index (χ3n) is 3.55. The summed E-state index contributed by atoms with van der Waals surface area (Å²) in [4.78, 5) is 21.0. The van der Waals surface area contributed by atoms with Gasteiger partial charge in [-0.05, 0) is 38.0 Å². The number of piperidine rings is 1. The van der Waals surface area contributed by atoms with Crippen LogP contribution in [0.1, 0.15) is 19.8 Å². The molecule has 0 saturated carbocycles. The molecule has 2 heterocycles. The summed E-state index contributed by atoms with van der Waals surface area (Å²) in [7, 11) is 0. The molecule has 0 aromatic carbocycles. The van der Waals surface area contributed by atoms with Gasteiger partial charge in [-0.25, -0.2) is 4.79 Å². The summed E-state index contributed by atoms with van der Waals surface area (Å²) in [5, 5.41) is 13.8. The Labute approximate surface area is 122 Å². The average Bonchev–Trinajstić information content (AvgIpc) is 2.42. The Morgan fingerprint density at radius 2 is 2.50 bits per heavy atom. The second kappa shape index (κ2) is 6.45. The number of carbonyl (C=O) groups is 1. The molecule has 0 radical (unpaired) electrons. The fourth-order valence-corrected chi connectivity index (χ4v) is 2.69. The topological polar surface area (TPSA) is 77.8 Å². The summed E-state index contributed by atoms with van der Waals surface area (Å²) >= 11 is 4.65. The molecule has 1 aliphatic heterocycles. The van der Waals surface area contributed by atoms with E-state index in [9.17, 15) is 4.79 Å². The first-order valence-corrected chi connectivity index (χ1v) is 6.82. The number of nitrogens with one attached hydrogen (secondary N) is 1. The number of aromatic nitrogens is 1. The van der Waals surface area contributed by atoms with E-state index in [-0.39, 0.29) is 12.1 Å². The lowest BCUT2D eigenvalue weighted by atomic mass is 9.97. The Balaban J connectivity index is 2.27. The van der Waals surface area contributed by atoms with Crippen LogP contribution in [-0.4, -0.2) is 40.0 Å². The summed E-state index contributed by atoms with van der Waals surface area (Å²) in [6.45, 7) is 2.86. The number of anilines is 1. The van der Waals surface area contributed by atoms with Crippen LogP contribution in [0.25, 0.3) is 0 Å². The minimum atomic E-state index is -0.990. The van der Waals surface area contributed by atoms with Crippen molar-refractivity contribution in [1.29, 1.82) is 0 Å². The first kappa shape index (κ1) is 14.4. The van der Waals surface area contributed by atoms with Crippen molar-refractivity contribution >= 4 is 34.8 Å². The Kier molecular flexibility index (Phi) is 4.65. The Morgan fingerprint density at radius 1 is 1.70 bits per heavy atom. The predicted octanol–water partition coefficient (Wildman–Crippen LogP) is 2.44. The van der Waals surface area contributed by atoms with Crippen LogP contribution in [0.5, 0.6) is 0 Å². The number of hydrogen-bond acceptors (Lipinski definition) is 5. The van der Waals surface area contributed by atoms with Gasteiger partial charge in [-0.2, -0.15) is 4.99 Å². The van der Waals surface area contributed by atoms with Crippen LogP contribution in [0.3, 0.4) is 0 Å². The highest BCUT2D eigenvalue weighted by Crippen LogP contribution is 2.32. The van der Waals surface area contributed by atoms with Gasteiger partial charge in [0.1, 0.15) is 5.69 Å². The minimum Gasteiger partial charge on any atom is -0.465 e. The molecular weight excluding hydrogens is 276 g/mol. The third-order valence-corrected chi connectivity index (χ3v) is 3.64. The normalized spacial score (nSPS) is 21.9. The van der Waals surface area contributed by atoms with Crippen LogP contribution in [0.4, 0.5) is 16.2 Å². The van der Waals surface area contributed by atoms with Crippen molar-refractivity contribution in [1.82, 2.24) is 10.3 Å². The molecule has 2 atom stereocenters. The van der Waals surface area contributed by atoms with E-state index in [4.69, 9.17) is 5.11 Å². The number of hydrogen-bond donors (Lipinski definition) is 2. The van der Waals surface area contributed by atoms with E-state index in [1.165, 1.54) is 0 Å². The van der Waals surface area contributed by atoms with Crippen LogP contribution >= 0.6 is 12.2 Å². The molecule has 106 valence electrons. The maximum Gasteiger partial charge on any atom is 0.404 e. The molecule has 1 unspecified atom stereocenters. The Bertz CT molecular complexity index is 545. The van der Waals surface area contributed by atoms with Gasteiger partial charge >= 0.3 is 6.09 Å². The average molecular weight is 292 g/mol. The van der Waals surface area contributed by atoms with Crippen molar-refractivity contribution in [3.63, 3.8) is 0 Å². The van der Waals surface area contributed by atoms with Crippen molar-refractivity contribution in [2.75, 3.05) is 11.4 Å². The zero-order valence-electron chi connectivity index (χ0n) is 11.1. The van der Waals surface area contributed by atoms with Crippen LogP contribution in [0.15, 0.2) is 23.5 Å². The number of aliphatic imine (C=N–C) groups is 1. The second-order valence-electron chi connectivity index (χ2n) is 4.70. The molecule has 1 fully saturated rings. The number of isothiocyanates is 1. The number of nitrogens with zero attached hydrogens (tertiary/aromatic N) is 3. The monoisotopic (exact) mass is 292 g/mol. The summed E-state index contributed by atoms with van der Waals surface area (Å²) in [6.07, 6.45) is 4.09. The van der Waals surface area contributed by atoms with Gasteiger partial charge in [0.25, 0.3) is 0 Å². The van der Waals surface area contributed by atoms with Crippen LogP contribution in [0.2, 0.25) is 0 Å². The van der Waals surface area contributed by atoms with Gasteiger partial charge in [0, 0.05) is 18.8 Å². The van der Waals surface area contributed by atoms with E-state index in [0.29, 0.717) is 5.69 Å². The lowest BCUT2D eigenvalue weighted by Gasteiger charge is -2.41. The smallest absolute Gasteiger partial charge is 0.404 e. The molecule has 1 aromatic heterocycles. The van der Waals surface area contributed by atoms with Crippen molar-refractivity contribution < 1.29 is 9.90 Å². The number of rotatable bonds is 3. The first-order chi connectivity index (χ1) is 9.63. The zero-order chi connectivity index (χ0) is 14.5. The van der Waals surface area contributed by atoms with Crippen molar-refractivity contribution in [2.24, 2.45) is 4.99 Å². The zero-order valence-corrected chi connectivity index (χ0v) is 11.9. The maximum absolute atomic E-state index is 10.8. The second-order valence-corrected chi connectivity index (χ2v) is 4.88. The molecule has 1 amide bonds. The highest BCUT2D eigenvalue weighted by Gasteiger charge is 2.30. The minimum absolute atomic E-state index is 0.0429. The lowest BCUT2D eigenvalue weighted by molar-refractivity contribution is 0.184. The fourth-order valence-electron chi connectivity index (χ4n) is 2.59. The van der Waals surface area contributed by atoms with E-state index in [1.54, 1.807) is 12.4 Å². The molecular formula is C13H16N4O2S. The molecule has 0 bridgehead atoms. The van der Waals surface area contributed by atoms with Gasteiger partial charge < -0.3 is 15.3 Å². The van der Waals surface area contributed by atoms with E-state index >= 15 is 0 Å². The molecule has 2 rings (SSSR count).